The van der Waals surface area contributed by atoms with Crippen LogP contribution in [0, 0.1) is 0 Å². The molecule has 6 aliphatic rings. The minimum absolute atomic E-state index is 0.00250. The van der Waals surface area contributed by atoms with Crippen LogP contribution in [0.15, 0.2) is 84.9 Å². The molecule has 5 heterocycles. The first-order valence-corrected chi connectivity index (χ1v) is 20.1. The van der Waals surface area contributed by atoms with Crippen molar-refractivity contribution in [2.75, 3.05) is 57.4 Å². The number of phenols is 1. The molecule has 3 fully saturated rings. The summed E-state index contributed by atoms with van der Waals surface area (Å²) in [5, 5.41) is 15.3. The van der Waals surface area contributed by atoms with Crippen LogP contribution in [-0.2, 0) is 22.6 Å². The number of amides is 3. The Hall–Kier alpha value is -5.39. The van der Waals surface area contributed by atoms with Crippen molar-refractivity contribution < 1.29 is 29.0 Å². The summed E-state index contributed by atoms with van der Waals surface area (Å²) in [5.41, 5.74) is 8.13. The lowest BCUT2D eigenvalue weighted by molar-refractivity contribution is -0.132. The molecule has 0 bridgehead atoms. The zero-order valence-electron chi connectivity index (χ0n) is 31.6. The number of fused-ring (bicyclic) bond motifs is 6. The number of piperidine rings is 1. The quantitative estimate of drug-likeness (QED) is 0.225. The second kappa shape index (κ2) is 15.6. The smallest absolute Gasteiger partial charge is 0.252 e. The molecule has 56 heavy (non-hydrogen) atoms. The maximum absolute atomic E-state index is 12.1. The molecule has 5 aliphatic heterocycles. The minimum Gasteiger partial charge on any atom is -0.508 e. The van der Waals surface area contributed by atoms with Gasteiger partial charge in [-0.3, -0.25) is 29.5 Å². The number of nitrogens with one attached hydrogen (secondary N) is 2. The third-order valence-corrected chi connectivity index (χ3v) is 12.4. The molecule has 0 saturated carbocycles. The average molecular weight is 756 g/mol. The number of carbonyl (C=O) groups is 3. The SMILES string of the molecule is O=C1CCCC(=O)N1.O=C1NCc2c1ccc1c2OCC2CN(C3CN(CCOc4ccc(C5c6ccc(O)cc6CCC5c5ccccc5)cc4)C3)CCN12. The number of anilines is 1. The van der Waals surface area contributed by atoms with E-state index in [0.29, 0.717) is 62.8 Å². The topological polar surface area (TPSA) is 124 Å². The lowest BCUT2D eigenvalue weighted by atomic mass is 9.69. The predicted molar refractivity (Wildman–Crippen MR) is 212 cm³/mol. The first-order chi connectivity index (χ1) is 27.4. The number of hydrogen-bond acceptors (Lipinski definition) is 9. The van der Waals surface area contributed by atoms with Gasteiger partial charge in [-0.1, -0.05) is 48.5 Å². The van der Waals surface area contributed by atoms with Crippen LogP contribution in [0.25, 0.3) is 0 Å². The van der Waals surface area contributed by atoms with Gasteiger partial charge in [0, 0.05) is 81.7 Å². The lowest BCUT2D eigenvalue weighted by Gasteiger charge is -2.52. The molecule has 3 saturated heterocycles. The molecule has 4 aromatic rings. The first kappa shape index (κ1) is 36.3. The monoisotopic (exact) mass is 755 g/mol. The summed E-state index contributed by atoms with van der Waals surface area (Å²) in [4.78, 5) is 40.4. The van der Waals surface area contributed by atoms with Crippen molar-refractivity contribution in [2.45, 2.75) is 62.6 Å². The number of piperazine rings is 1. The average Bonchev–Trinajstić information content (AvgIpc) is 3.59. The van der Waals surface area contributed by atoms with Crippen LogP contribution in [0.2, 0.25) is 0 Å². The van der Waals surface area contributed by atoms with E-state index in [-0.39, 0.29) is 23.6 Å². The standard InChI is InChI=1S/C40H42N4O4.C5H7NO2/c45-31-9-13-34-28(20-31)8-12-33(26-4-2-1-3-5-26)38(34)27-6-10-32(11-7-27)47-19-18-42-22-29(23-42)43-16-17-44-30(24-43)25-48-39-36-21-41-40(46)35(36)14-15-37(39)44;7-4-2-1-3-5(8)6-4/h1-7,9-11,13-15,20,29-30,33,38,45H,8,12,16-19,21-25H2,(H,41,46);1-3H2,(H,6,7,8). The molecule has 3 atom stereocenters. The first-order valence-electron chi connectivity index (χ1n) is 20.1. The normalized spacial score (nSPS) is 23.2. The van der Waals surface area contributed by atoms with Gasteiger partial charge in [-0.2, -0.15) is 0 Å². The highest BCUT2D eigenvalue weighted by Crippen LogP contribution is 2.47. The molecular formula is C45H49N5O6. The summed E-state index contributed by atoms with van der Waals surface area (Å²) < 4.78 is 12.5. The molecular weight excluding hydrogens is 707 g/mol. The summed E-state index contributed by atoms with van der Waals surface area (Å²) >= 11 is 0. The second-order valence-electron chi connectivity index (χ2n) is 15.8. The number of likely N-dealkylation sites (tertiary alicyclic amines) is 1. The molecule has 290 valence electrons. The zero-order valence-corrected chi connectivity index (χ0v) is 31.6. The summed E-state index contributed by atoms with van der Waals surface area (Å²) in [7, 11) is 0. The fourth-order valence-electron chi connectivity index (χ4n) is 9.49. The van der Waals surface area contributed by atoms with Gasteiger partial charge in [0.05, 0.1) is 11.7 Å². The predicted octanol–water partition coefficient (Wildman–Crippen LogP) is 4.96. The molecule has 3 N–H and O–H groups in total. The van der Waals surface area contributed by atoms with Gasteiger partial charge >= 0.3 is 0 Å². The van der Waals surface area contributed by atoms with E-state index in [1.165, 1.54) is 22.3 Å². The maximum atomic E-state index is 12.1. The van der Waals surface area contributed by atoms with Crippen LogP contribution >= 0.6 is 0 Å². The van der Waals surface area contributed by atoms with Crippen LogP contribution in [-0.4, -0.2) is 97.2 Å². The van der Waals surface area contributed by atoms with Gasteiger partial charge in [0.15, 0.2) is 0 Å². The van der Waals surface area contributed by atoms with Crippen LogP contribution in [0.4, 0.5) is 5.69 Å². The number of hydrogen-bond donors (Lipinski definition) is 3. The molecule has 10 rings (SSSR count). The zero-order chi connectivity index (χ0) is 38.2. The Morgan fingerprint density at radius 2 is 1.62 bits per heavy atom. The van der Waals surface area contributed by atoms with Crippen molar-refractivity contribution in [3.8, 4) is 17.2 Å². The van der Waals surface area contributed by atoms with Crippen LogP contribution in [0.5, 0.6) is 17.2 Å². The number of ether oxygens (including phenoxy) is 2. The third-order valence-electron chi connectivity index (χ3n) is 12.4. The Kier molecular flexibility index (Phi) is 10.1. The minimum atomic E-state index is -0.138. The fourth-order valence-corrected chi connectivity index (χ4v) is 9.49. The van der Waals surface area contributed by atoms with E-state index in [4.69, 9.17) is 9.47 Å². The number of nitrogens with zero attached hydrogens (tertiary/aromatic N) is 3. The number of carbonyl (C=O) groups excluding carboxylic acids is 3. The molecule has 3 amide bonds. The molecule has 0 radical (unpaired) electrons. The van der Waals surface area contributed by atoms with Crippen molar-refractivity contribution >= 4 is 23.4 Å². The van der Waals surface area contributed by atoms with Gasteiger partial charge in [-0.15, -0.1) is 0 Å². The van der Waals surface area contributed by atoms with E-state index in [1.54, 1.807) is 0 Å². The molecule has 11 nitrogen and oxygen atoms in total. The number of benzene rings is 4. The Bertz CT molecular complexity index is 2090. The summed E-state index contributed by atoms with van der Waals surface area (Å²) in [6.07, 6.45) is 3.75. The lowest BCUT2D eigenvalue weighted by Crippen LogP contribution is -2.66. The Balaban J connectivity index is 0.000000459. The number of phenolic OH excluding ortho intramolecular Hbond substituents is 1. The highest BCUT2D eigenvalue weighted by molar-refractivity contribution is 6.00. The van der Waals surface area contributed by atoms with Crippen molar-refractivity contribution in [1.29, 1.82) is 0 Å². The Labute approximate surface area is 327 Å². The molecule has 0 aromatic heterocycles. The molecule has 3 unspecified atom stereocenters. The molecule has 11 heteroatoms. The van der Waals surface area contributed by atoms with E-state index < -0.39 is 0 Å². The number of rotatable bonds is 7. The van der Waals surface area contributed by atoms with E-state index in [1.807, 2.05) is 18.2 Å². The summed E-state index contributed by atoms with van der Waals surface area (Å²) in [6.45, 7) is 8.01. The second-order valence-corrected chi connectivity index (χ2v) is 15.8. The van der Waals surface area contributed by atoms with Crippen LogP contribution in [0.3, 0.4) is 0 Å². The van der Waals surface area contributed by atoms with Crippen LogP contribution < -0.4 is 25.0 Å². The van der Waals surface area contributed by atoms with Gasteiger partial charge in [0.1, 0.15) is 30.5 Å². The maximum Gasteiger partial charge on any atom is 0.252 e. The van der Waals surface area contributed by atoms with Crippen molar-refractivity contribution in [2.24, 2.45) is 0 Å². The molecule has 4 aromatic carbocycles. The summed E-state index contributed by atoms with van der Waals surface area (Å²) in [5.74, 6) is 2.51. The van der Waals surface area contributed by atoms with Gasteiger partial charge in [-0.25, -0.2) is 0 Å². The number of aryl methyl sites for hydroxylation is 1. The highest BCUT2D eigenvalue weighted by Gasteiger charge is 2.40. The highest BCUT2D eigenvalue weighted by atomic mass is 16.5. The Morgan fingerprint density at radius 3 is 2.39 bits per heavy atom. The molecule has 1 aliphatic carbocycles. The van der Waals surface area contributed by atoms with Crippen molar-refractivity contribution in [3.05, 3.63) is 118 Å². The van der Waals surface area contributed by atoms with Gasteiger partial charge in [0.2, 0.25) is 11.8 Å². The van der Waals surface area contributed by atoms with E-state index in [9.17, 15) is 19.5 Å². The van der Waals surface area contributed by atoms with E-state index in [2.05, 4.69) is 92.1 Å². The van der Waals surface area contributed by atoms with Crippen molar-refractivity contribution in [3.63, 3.8) is 0 Å². The third kappa shape index (κ3) is 7.33. The number of aromatic hydroxyl groups is 1. The van der Waals surface area contributed by atoms with Gasteiger partial charge in [-0.05, 0) is 83.8 Å². The van der Waals surface area contributed by atoms with E-state index >= 15 is 0 Å². The molecule has 0 spiro atoms. The number of imide groups is 1. The van der Waals surface area contributed by atoms with Gasteiger partial charge < -0.3 is 24.8 Å². The largest absolute Gasteiger partial charge is 0.508 e. The van der Waals surface area contributed by atoms with Crippen LogP contribution in [0.1, 0.15) is 75.7 Å². The Morgan fingerprint density at radius 1 is 0.821 bits per heavy atom. The van der Waals surface area contributed by atoms with Crippen molar-refractivity contribution in [1.82, 2.24) is 20.4 Å². The van der Waals surface area contributed by atoms with Gasteiger partial charge in [0.25, 0.3) is 5.91 Å². The summed E-state index contributed by atoms with van der Waals surface area (Å²) in [6, 6.07) is 30.4. The van der Waals surface area contributed by atoms with E-state index in [0.717, 1.165) is 80.4 Å². The fraction of sp³-hybridized carbons (Fsp3) is 0.400.